The molecule has 0 amide bonds. The minimum atomic E-state index is 0.414. The molecule has 23 heavy (non-hydrogen) atoms. The summed E-state index contributed by atoms with van der Waals surface area (Å²) in [4.78, 5) is 3.15. The zero-order valence-corrected chi connectivity index (χ0v) is 14.9. The highest BCUT2D eigenvalue weighted by molar-refractivity contribution is 7.19. The molecule has 120 valence electrons. The third-order valence-corrected chi connectivity index (χ3v) is 5.74. The summed E-state index contributed by atoms with van der Waals surface area (Å²) in [5, 5.41) is 15.4. The van der Waals surface area contributed by atoms with Gasteiger partial charge in [0.25, 0.3) is 0 Å². The second kappa shape index (κ2) is 6.02. The molecule has 0 aliphatic carbocycles. The minimum Gasteiger partial charge on any atom is -0.306 e. The number of fused-ring (bicyclic) bond motifs is 1. The van der Waals surface area contributed by atoms with E-state index in [1.807, 2.05) is 16.6 Å². The highest BCUT2D eigenvalue weighted by Crippen LogP contribution is 2.34. The lowest BCUT2D eigenvalue weighted by atomic mass is 9.96. The smallest absolute Gasteiger partial charge is 0.234 e. The number of nitrogens with zero attached hydrogens (tertiary/aromatic N) is 5. The molecule has 8 heteroatoms. The fourth-order valence-corrected chi connectivity index (χ4v) is 4.37. The summed E-state index contributed by atoms with van der Waals surface area (Å²) < 4.78 is 1.88. The first-order valence-corrected chi connectivity index (χ1v) is 9.05. The van der Waals surface area contributed by atoms with Gasteiger partial charge in [0.15, 0.2) is 5.82 Å². The fourth-order valence-electron chi connectivity index (χ4n) is 2.93. The number of benzene rings is 1. The van der Waals surface area contributed by atoms with Crippen molar-refractivity contribution in [3.05, 3.63) is 34.1 Å². The first-order chi connectivity index (χ1) is 11.1. The molecule has 1 aliphatic rings. The SMILES string of the molecule is CN1CCC(c2nnc3sc(-c4ccc(Cl)cc4Cl)nn23)CC1. The maximum Gasteiger partial charge on any atom is 0.234 e. The average molecular weight is 368 g/mol. The summed E-state index contributed by atoms with van der Waals surface area (Å²) in [5.74, 6) is 1.37. The third kappa shape index (κ3) is 2.85. The molecule has 1 aromatic carbocycles. The predicted octanol–water partition coefficient (Wildman–Crippen LogP) is 3.97. The summed E-state index contributed by atoms with van der Waals surface area (Å²) >= 11 is 13.8. The summed E-state index contributed by atoms with van der Waals surface area (Å²) in [7, 11) is 2.15. The lowest BCUT2D eigenvalue weighted by molar-refractivity contribution is 0.250. The molecule has 0 radical (unpaired) electrons. The van der Waals surface area contributed by atoms with E-state index in [0.29, 0.717) is 16.0 Å². The number of piperidine rings is 1. The van der Waals surface area contributed by atoms with Crippen molar-refractivity contribution in [1.82, 2.24) is 24.7 Å². The van der Waals surface area contributed by atoms with Crippen molar-refractivity contribution in [3.63, 3.8) is 0 Å². The summed E-state index contributed by atoms with van der Waals surface area (Å²) in [5.41, 5.74) is 0.876. The van der Waals surface area contributed by atoms with Gasteiger partial charge in [-0.25, -0.2) is 0 Å². The number of aromatic nitrogens is 4. The van der Waals surface area contributed by atoms with Crippen LogP contribution in [0.2, 0.25) is 10.0 Å². The van der Waals surface area contributed by atoms with Crippen LogP contribution in [-0.2, 0) is 0 Å². The van der Waals surface area contributed by atoms with Gasteiger partial charge >= 0.3 is 0 Å². The van der Waals surface area contributed by atoms with Crippen LogP contribution in [0.15, 0.2) is 18.2 Å². The molecule has 1 aliphatic heterocycles. The number of likely N-dealkylation sites (tertiary alicyclic amines) is 1. The molecule has 0 saturated carbocycles. The van der Waals surface area contributed by atoms with Crippen molar-refractivity contribution in [2.45, 2.75) is 18.8 Å². The van der Waals surface area contributed by atoms with E-state index in [4.69, 9.17) is 28.3 Å². The maximum absolute atomic E-state index is 6.29. The van der Waals surface area contributed by atoms with Crippen molar-refractivity contribution in [2.24, 2.45) is 0 Å². The molecular weight excluding hydrogens is 353 g/mol. The molecule has 3 heterocycles. The van der Waals surface area contributed by atoms with Crippen molar-refractivity contribution in [3.8, 4) is 10.6 Å². The van der Waals surface area contributed by atoms with Crippen LogP contribution in [0.1, 0.15) is 24.6 Å². The van der Waals surface area contributed by atoms with Crippen LogP contribution in [0.25, 0.3) is 15.5 Å². The van der Waals surface area contributed by atoms with E-state index in [2.05, 4.69) is 22.1 Å². The molecule has 1 fully saturated rings. The van der Waals surface area contributed by atoms with Crippen LogP contribution < -0.4 is 0 Å². The Morgan fingerprint density at radius 3 is 2.70 bits per heavy atom. The number of rotatable bonds is 2. The quantitative estimate of drug-likeness (QED) is 0.687. The van der Waals surface area contributed by atoms with Crippen LogP contribution >= 0.6 is 34.5 Å². The van der Waals surface area contributed by atoms with E-state index in [1.165, 1.54) is 11.3 Å². The van der Waals surface area contributed by atoms with Crippen molar-refractivity contribution >= 4 is 39.5 Å². The van der Waals surface area contributed by atoms with Gasteiger partial charge in [0.1, 0.15) is 5.01 Å². The highest BCUT2D eigenvalue weighted by atomic mass is 35.5. The van der Waals surface area contributed by atoms with Crippen LogP contribution in [0.5, 0.6) is 0 Å². The predicted molar refractivity (Wildman–Crippen MR) is 93.6 cm³/mol. The lowest BCUT2D eigenvalue weighted by Crippen LogP contribution is -2.30. The van der Waals surface area contributed by atoms with Gasteiger partial charge in [0.05, 0.1) is 5.02 Å². The molecule has 0 N–H and O–H groups in total. The minimum absolute atomic E-state index is 0.414. The Bertz CT molecular complexity index is 851. The Kier molecular flexibility index (Phi) is 4.01. The Balaban J connectivity index is 1.71. The van der Waals surface area contributed by atoms with Crippen molar-refractivity contribution in [2.75, 3.05) is 20.1 Å². The second-order valence-electron chi connectivity index (χ2n) is 5.86. The molecule has 0 atom stereocenters. The fraction of sp³-hybridized carbons (Fsp3) is 0.400. The van der Waals surface area contributed by atoms with Gasteiger partial charge in [-0.1, -0.05) is 34.5 Å². The molecule has 4 rings (SSSR count). The third-order valence-electron chi connectivity index (χ3n) is 4.26. The van der Waals surface area contributed by atoms with Crippen LogP contribution in [0, 0.1) is 0 Å². The summed E-state index contributed by atoms with van der Waals surface area (Å²) in [6, 6.07) is 5.45. The van der Waals surface area contributed by atoms with E-state index in [1.54, 1.807) is 6.07 Å². The molecule has 2 aromatic heterocycles. The second-order valence-corrected chi connectivity index (χ2v) is 7.66. The Hall–Kier alpha value is -1.21. The van der Waals surface area contributed by atoms with Gasteiger partial charge in [-0.2, -0.15) is 9.61 Å². The van der Waals surface area contributed by atoms with Crippen molar-refractivity contribution in [1.29, 1.82) is 0 Å². The molecule has 5 nitrogen and oxygen atoms in total. The van der Waals surface area contributed by atoms with Crippen LogP contribution in [0.4, 0.5) is 0 Å². The van der Waals surface area contributed by atoms with Crippen LogP contribution in [-0.4, -0.2) is 44.8 Å². The Morgan fingerprint density at radius 2 is 1.96 bits per heavy atom. The monoisotopic (exact) mass is 367 g/mol. The normalized spacial score (nSPS) is 17.2. The summed E-state index contributed by atoms with van der Waals surface area (Å²) in [6.45, 7) is 2.17. The van der Waals surface area contributed by atoms with E-state index < -0.39 is 0 Å². The van der Waals surface area contributed by atoms with Gasteiger partial charge in [0.2, 0.25) is 4.96 Å². The summed E-state index contributed by atoms with van der Waals surface area (Å²) in [6.07, 6.45) is 2.18. The standard InChI is InChI=1S/C15H15Cl2N5S/c1-21-6-4-9(5-7-21)13-18-19-15-22(13)20-14(23-15)11-3-2-10(16)8-12(11)17/h2-3,8-9H,4-7H2,1H3. The topological polar surface area (TPSA) is 46.3 Å². The average Bonchev–Trinajstić information content (AvgIpc) is 3.08. The van der Waals surface area contributed by atoms with Crippen molar-refractivity contribution < 1.29 is 0 Å². The maximum atomic E-state index is 6.29. The van der Waals surface area contributed by atoms with E-state index in [0.717, 1.165) is 47.3 Å². The van der Waals surface area contributed by atoms with Gasteiger partial charge < -0.3 is 4.90 Å². The van der Waals surface area contributed by atoms with Gasteiger partial charge in [-0.3, -0.25) is 0 Å². The van der Waals surface area contributed by atoms with E-state index >= 15 is 0 Å². The van der Waals surface area contributed by atoms with E-state index in [-0.39, 0.29) is 0 Å². The Morgan fingerprint density at radius 1 is 1.17 bits per heavy atom. The van der Waals surface area contributed by atoms with Crippen LogP contribution in [0.3, 0.4) is 0 Å². The van der Waals surface area contributed by atoms with E-state index in [9.17, 15) is 0 Å². The molecule has 0 spiro atoms. The van der Waals surface area contributed by atoms with Gasteiger partial charge in [-0.15, -0.1) is 10.2 Å². The lowest BCUT2D eigenvalue weighted by Gasteiger charge is -2.27. The first-order valence-electron chi connectivity index (χ1n) is 7.48. The largest absolute Gasteiger partial charge is 0.306 e. The zero-order valence-electron chi connectivity index (χ0n) is 12.5. The molecule has 1 saturated heterocycles. The molecular formula is C15H15Cl2N5S. The number of halogens is 2. The first kappa shape index (κ1) is 15.3. The zero-order chi connectivity index (χ0) is 16.0. The number of hydrogen-bond acceptors (Lipinski definition) is 5. The molecule has 3 aromatic rings. The van der Waals surface area contributed by atoms with Gasteiger partial charge in [0, 0.05) is 16.5 Å². The molecule has 0 bridgehead atoms. The molecule has 0 unspecified atom stereocenters. The van der Waals surface area contributed by atoms with Gasteiger partial charge in [-0.05, 0) is 51.2 Å². The highest BCUT2D eigenvalue weighted by Gasteiger charge is 2.25. The Labute approximate surface area is 147 Å². The number of hydrogen-bond donors (Lipinski definition) is 0.